The summed E-state index contributed by atoms with van der Waals surface area (Å²) in [5.41, 5.74) is 1.69. The average molecular weight is 279 g/mol. The Morgan fingerprint density at radius 3 is 2.57 bits per heavy atom. The largest absolute Gasteiger partial charge is 0.490 e. The number of nitriles is 1. The third kappa shape index (κ3) is 4.39. The summed E-state index contributed by atoms with van der Waals surface area (Å²) in [6.07, 6.45) is 3.95. The van der Waals surface area contributed by atoms with E-state index >= 15 is 0 Å². The first-order valence-corrected chi connectivity index (χ1v) is 6.85. The molecule has 0 atom stereocenters. The van der Waals surface area contributed by atoms with Gasteiger partial charge in [0.25, 0.3) is 0 Å². The summed E-state index contributed by atoms with van der Waals surface area (Å²) < 4.78 is 11.2. The normalized spacial score (nSPS) is 10.3. The molecule has 0 radical (unpaired) electrons. The van der Waals surface area contributed by atoms with Gasteiger partial charge in [0.15, 0.2) is 11.5 Å². The van der Waals surface area contributed by atoms with E-state index in [-0.39, 0.29) is 0 Å². The fourth-order valence-electron chi connectivity index (χ4n) is 1.85. The van der Waals surface area contributed by atoms with Gasteiger partial charge in [-0.2, -0.15) is 5.26 Å². The number of benzene rings is 2. The highest BCUT2D eigenvalue weighted by molar-refractivity contribution is 5.49. The molecule has 0 aliphatic rings. The molecule has 21 heavy (non-hydrogen) atoms. The van der Waals surface area contributed by atoms with E-state index in [1.807, 2.05) is 49.4 Å². The van der Waals surface area contributed by atoms with Gasteiger partial charge in [0, 0.05) is 6.07 Å². The van der Waals surface area contributed by atoms with Crippen LogP contribution in [0.3, 0.4) is 0 Å². The molecule has 0 saturated heterocycles. The maximum atomic E-state index is 8.90. The molecule has 0 amide bonds. The monoisotopic (exact) mass is 279 g/mol. The first-order chi connectivity index (χ1) is 10.3. The van der Waals surface area contributed by atoms with E-state index in [1.54, 1.807) is 18.2 Å². The minimum Gasteiger partial charge on any atom is -0.490 e. The Morgan fingerprint density at radius 2 is 1.86 bits per heavy atom. The summed E-state index contributed by atoms with van der Waals surface area (Å²) in [5, 5.41) is 8.90. The van der Waals surface area contributed by atoms with Crippen LogP contribution in [0.15, 0.2) is 54.6 Å². The van der Waals surface area contributed by atoms with Gasteiger partial charge in [-0.05, 0) is 30.7 Å². The van der Waals surface area contributed by atoms with Gasteiger partial charge < -0.3 is 9.47 Å². The number of nitrogens with zero attached hydrogens (tertiary/aromatic N) is 1. The number of ether oxygens (including phenoxy) is 2. The van der Waals surface area contributed by atoms with Gasteiger partial charge in [-0.15, -0.1) is 0 Å². The van der Waals surface area contributed by atoms with Crippen LogP contribution in [0.25, 0.3) is 6.08 Å². The SMILES string of the molecule is CCOc1cc(C#N)ccc1OCC=Cc1ccccc1. The molecule has 0 spiro atoms. The summed E-state index contributed by atoms with van der Waals surface area (Å²) in [6, 6.07) is 17.3. The second kappa shape index (κ2) is 7.76. The van der Waals surface area contributed by atoms with Crippen molar-refractivity contribution in [3.8, 4) is 17.6 Å². The van der Waals surface area contributed by atoms with Crippen LogP contribution in [0, 0.1) is 11.3 Å². The van der Waals surface area contributed by atoms with Crippen molar-refractivity contribution in [1.29, 1.82) is 5.26 Å². The van der Waals surface area contributed by atoms with Crippen LogP contribution in [0.2, 0.25) is 0 Å². The first-order valence-electron chi connectivity index (χ1n) is 6.85. The molecule has 0 aliphatic carbocycles. The number of rotatable bonds is 6. The molecule has 0 fully saturated rings. The predicted octanol–water partition coefficient (Wildman–Crippen LogP) is 4.05. The van der Waals surface area contributed by atoms with Gasteiger partial charge in [-0.1, -0.05) is 36.4 Å². The van der Waals surface area contributed by atoms with Crippen LogP contribution < -0.4 is 9.47 Å². The second-order valence-electron chi connectivity index (χ2n) is 4.33. The lowest BCUT2D eigenvalue weighted by atomic mass is 10.2. The smallest absolute Gasteiger partial charge is 0.162 e. The third-order valence-corrected chi connectivity index (χ3v) is 2.82. The van der Waals surface area contributed by atoms with Crippen molar-refractivity contribution in [2.45, 2.75) is 6.92 Å². The fraction of sp³-hybridized carbons (Fsp3) is 0.167. The van der Waals surface area contributed by atoms with Crippen LogP contribution in [-0.2, 0) is 0 Å². The number of hydrogen-bond donors (Lipinski definition) is 0. The summed E-state index contributed by atoms with van der Waals surface area (Å²) >= 11 is 0. The zero-order valence-electron chi connectivity index (χ0n) is 12.0. The molecule has 0 N–H and O–H groups in total. The second-order valence-corrected chi connectivity index (χ2v) is 4.33. The van der Waals surface area contributed by atoms with Crippen LogP contribution >= 0.6 is 0 Å². The minimum atomic E-state index is 0.445. The van der Waals surface area contributed by atoms with Gasteiger partial charge >= 0.3 is 0 Å². The van der Waals surface area contributed by atoms with E-state index in [0.717, 1.165) is 5.56 Å². The van der Waals surface area contributed by atoms with E-state index < -0.39 is 0 Å². The highest BCUT2D eigenvalue weighted by Crippen LogP contribution is 2.28. The quantitative estimate of drug-likeness (QED) is 0.801. The number of hydrogen-bond acceptors (Lipinski definition) is 3. The molecule has 0 aliphatic heterocycles. The predicted molar refractivity (Wildman–Crippen MR) is 83.3 cm³/mol. The molecular formula is C18H17NO2. The van der Waals surface area contributed by atoms with Crippen molar-refractivity contribution >= 4 is 6.08 Å². The van der Waals surface area contributed by atoms with E-state index in [0.29, 0.717) is 30.3 Å². The molecule has 0 unspecified atom stereocenters. The molecule has 3 nitrogen and oxygen atoms in total. The van der Waals surface area contributed by atoms with Crippen molar-refractivity contribution in [3.05, 3.63) is 65.7 Å². The summed E-state index contributed by atoms with van der Waals surface area (Å²) in [7, 11) is 0. The highest BCUT2D eigenvalue weighted by atomic mass is 16.5. The van der Waals surface area contributed by atoms with Gasteiger partial charge in [-0.25, -0.2) is 0 Å². The van der Waals surface area contributed by atoms with Crippen molar-refractivity contribution in [2.75, 3.05) is 13.2 Å². The summed E-state index contributed by atoms with van der Waals surface area (Å²) in [6.45, 7) is 2.88. The van der Waals surface area contributed by atoms with Crippen molar-refractivity contribution < 1.29 is 9.47 Å². The average Bonchev–Trinajstić information content (AvgIpc) is 2.54. The molecule has 0 heterocycles. The molecule has 2 aromatic carbocycles. The Labute approximate surface area is 125 Å². The van der Waals surface area contributed by atoms with Gasteiger partial charge in [0.2, 0.25) is 0 Å². The maximum Gasteiger partial charge on any atom is 0.162 e. The topological polar surface area (TPSA) is 42.2 Å². The van der Waals surface area contributed by atoms with Crippen LogP contribution in [0.4, 0.5) is 0 Å². The molecule has 0 saturated carbocycles. The molecule has 2 aromatic rings. The van der Waals surface area contributed by atoms with Crippen LogP contribution in [0.1, 0.15) is 18.1 Å². The Bertz CT molecular complexity index is 642. The lowest BCUT2D eigenvalue weighted by molar-refractivity contribution is 0.297. The highest BCUT2D eigenvalue weighted by Gasteiger charge is 2.05. The van der Waals surface area contributed by atoms with E-state index in [4.69, 9.17) is 14.7 Å². The Balaban J connectivity index is 1.99. The summed E-state index contributed by atoms with van der Waals surface area (Å²) in [5.74, 6) is 1.25. The van der Waals surface area contributed by atoms with Crippen molar-refractivity contribution in [1.82, 2.24) is 0 Å². The van der Waals surface area contributed by atoms with Crippen LogP contribution in [0.5, 0.6) is 11.5 Å². The van der Waals surface area contributed by atoms with Crippen LogP contribution in [-0.4, -0.2) is 13.2 Å². The lowest BCUT2D eigenvalue weighted by Crippen LogP contribution is -1.99. The van der Waals surface area contributed by atoms with E-state index in [1.165, 1.54) is 0 Å². The Kier molecular flexibility index (Phi) is 5.42. The molecular weight excluding hydrogens is 262 g/mol. The Hall–Kier alpha value is -2.73. The molecule has 3 heteroatoms. The van der Waals surface area contributed by atoms with Gasteiger partial charge in [-0.3, -0.25) is 0 Å². The van der Waals surface area contributed by atoms with Crippen molar-refractivity contribution in [2.24, 2.45) is 0 Å². The third-order valence-electron chi connectivity index (χ3n) is 2.82. The Morgan fingerprint density at radius 1 is 1.05 bits per heavy atom. The first kappa shape index (κ1) is 14.7. The standard InChI is InChI=1S/C18H17NO2/c1-2-20-18-13-16(14-19)10-11-17(18)21-12-6-9-15-7-4-3-5-8-15/h3-11,13H,2,12H2,1H3. The lowest BCUT2D eigenvalue weighted by Gasteiger charge is -2.10. The van der Waals surface area contributed by atoms with E-state index in [2.05, 4.69) is 6.07 Å². The molecule has 0 bridgehead atoms. The zero-order valence-corrected chi connectivity index (χ0v) is 12.0. The fourth-order valence-corrected chi connectivity index (χ4v) is 1.85. The molecule has 2 rings (SSSR count). The maximum absolute atomic E-state index is 8.90. The summed E-state index contributed by atoms with van der Waals surface area (Å²) in [4.78, 5) is 0. The molecule has 0 aromatic heterocycles. The minimum absolute atomic E-state index is 0.445. The van der Waals surface area contributed by atoms with Gasteiger partial charge in [0.05, 0.1) is 18.2 Å². The zero-order chi connectivity index (χ0) is 14.9. The van der Waals surface area contributed by atoms with Gasteiger partial charge in [0.1, 0.15) is 6.61 Å². The molecule has 106 valence electrons. The van der Waals surface area contributed by atoms with Crippen molar-refractivity contribution in [3.63, 3.8) is 0 Å². The van der Waals surface area contributed by atoms with E-state index in [9.17, 15) is 0 Å².